The van der Waals surface area contributed by atoms with Crippen molar-refractivity contribution >= 4 is 38.4 Å². The first-order valence-corrected chi connectivity index (χ1v) is 9.79. The molecule has 0 radical (unpaired) electrons. The molecule has 0 atom stereocenters. The highest BCUT2D eigenvalue weighted by atomic mass is 32.1. The zero-order chi connectivity index (χ0) is 18.1. The molecule has 3 heterocycles. The SMILES string of the molecule is CCCCc1nc2c(N)nc3ccsc3c2n1Cc1cccc(CO)c1. The summed E-state index contributed by atoms with van der Waals surface area (Å²) in [6.45, 7) is 2.94. The molecule has 3 aromatic heterocycles. The molecular formula is C20H22N4OS. The van der Waals surface area contributed by atoms with Gasteiger partial charge in [-0.05, 0) is 29.0 Å². The number of aliphatic hydroxyl groups excluding tert-OH is 1. The van der Waals surface area contributed by atoms with Gasteiger partial charge in [0, 0.05) is 13.0 Å². The Bertz CT molecular complexity index is 1070. The number of benzene rings is 1. The largest absolute Gasteiger partial charge is 0.392 e. The molecule has 0 saturated heterocycles. The van der Waals surface area contributed by atoms with E-state index in [9.17, 15) is 5.11 Å². The minimum absolute atomic E-state index is 0.0489. The Kier molecular flexibility index (Phi) is 4.61. The highest BCUT2D eigenvalue weighted by Gasteiger charge is 2.18. The Morgan fingerprint density at radius 3 is 2.85 bits per heavy atom. The van der Waals surface area contributed by atoms with E-state index in [1.165, 1.54) is 0 Å². The smallest absolute Gasteiger partial charge is 0.152 e. The molecule has 0 unspecified atom stereocenters. The normalized spacial score (nSPS) is 11.6. The van der Waals surface area contributed by atoms with E-state index in [0.29, 0.717) is 12.4 Å². The van der Waals surface area contributed by atoms with E-state index in [0.717, 1.165) is 57.5 Å². The maximum absolute atomic E-state index is 9.44. The fraction of sp³-hybridized carbons (Fsp3) is 0.300. The van der Waals surface area contributed by atoms with Crippen molar-refractivity contribution in [1.29, 1.82) is 0 Å². The van der Waals surface area contributed by atoms with Gasteiger partial charge in [0.25, 0.3) is 0 Å². The average molecular weight is 366 g/mol. The molecule has 0 saturated carbocycles. The van der Waals surface area contributed by atoms with E-state index in [4.69, 9.17) is 10.7 Å². The molecule has 4 rings (SSSR count). The third kappa shape index (κ3) is 2.95. The quantitative estimate of drug-likeness (QED) is 0.538. The van der Waals surface area contributed by atoms with E-state index in [1.807, 2.05) is 29.6 Å². The molecule has 0 spiro atoms. The first-order valence-electron chi connectivity index (χ1n) is 8.91. The summed E-state index contributed by atoms with van der Waals surface area (Å²) in [6, 6.07) is 10.1. The van der Waals surface area contributed by atoms with Gasteiger partial charge in [-0.2, -0.15) is 0 Å². The monoisotopic (exact) mass is 366 g/mol. The van der Waals surface area contributed by atoms with Gasteiger partial charge in [-0.3, -0.25) is 0 Å². The minimum atomic E-state index is 0.0489. The number of anilines is 1. The molecule has 3 N–H and O–H groups in total. The van der Waals surface area contributed by atoms with Crippen molar-refractivity contribution in [2.75, 3.05) is 5.73 Å². The van der Waals surface area contributed by atoms with Crippen LogP contribution in [0, 0.1) is 0 Å². The van der Waals surface area contributed by atoms with Crippen molar-refractivity contribution < 1.29 is 5.11 Å². The van der Waals surface area contributed by atoms with Crippen LogP contribution in [0.15, 0.2) is 35.7 Å². The van der Waals surface area contributed by atoms with Crippen LogP contribution in [0.2, 0.25) is 0 Å². The van der Waals surface area contributed by atoms with Crippen LogP contribution in [0.5, 0.6) is 0 Å². The van der Waals surface area contributed by atoms with Crippen LogP contribution in [-0.2, 0) is 19.6 Å². The summed E-state index contributed by atoms with van der Waals surface area (Å²) in [5, 5.41) is 11.5. The van der Waals surface area contributed by atoms with Crippen LogP contribution in [0.25, 0.3) is 21.3 Å². The third-order valence-corrected chi connectivity index (χ3v) is 5.57. The maximum Gasteiger partial charge on any atom is 0.152 e. The molecule has 0 aliphatic rings. The molecule has 1 aromatic carbocycles. The number of aromatic nitrogens is 3. The van der Waals surface area contributed by atoms with Gasteiger partial charge in [-0.25, -0.2) is 9.97 Å². The van der Waals surface area contributed by atoms with E-state index < -0.39 is 0 Å². The Morgan fingerprint density at radius 2 is 2.04 bits per heavy atom. The summed E-state index contributed by atoms with van der Waals surface area (Å²) in [6.07, 6.45) is 3.11. The van der Waals surface area contributed by atoms with E-state index in [2.05, 4.69) is 22.5 Å². The lowest BCUT2D eigenvalue weighted by molar-refractivity contribution is 0.281. The van der Waals surface area contributed by atoms with Gasteiger partial charge in [0.05, 0.1) is 22.3 Å². The average Bonchev–Trinajstić information content (AvgIpc) is 3.25. The predicted molar refractivity (Wildman–Crippen MR) is 107 cm³/mol. The Balaban J connectivity index is 1.91. The van der Waals surface area contributed by atoms with Crippen molar-refractivity contribution in [3.05, 3.63) is 52.7 Å². The molecule has 0 fully saturated rings. The highest BCUT2D eigenvalue weighted by Crippen LogP contribution is 2.33. The second kappa shape index (κ2) is 7.05. The summed E-state index contributed by atoms with van der Waals surface area (Å²) >= 11 is 1.68. The van der Waals surface area contributed by atoms with Crippen LogP contribution in [-0.4, -0.2) is 19.6 Å². The maximum atomic E-state index is 9.44. The van der Waals surface area contributed by atoms with Gasteiger partial charge in [0.15, 0.2) is 5.82 Å². The topological polar surface area (TPSA) is 77.0 Å². The number of nitrogens with two attached hydrogens (primary N) is 1. The molecule has 0 bridgehead atoms. The number of hydrogen-bond donors (Lipinski definition) is 2. The number of thiophene rings is 1. The van der Waals surface area contributed by atoms with Crippen LogP contribution in [0.4, 0.5) is 5.82 Å². The van der Waals surface area contributed by atoms with E-state index in [1.54, 1.807) is 11.3 Å². The first-order chi connectivity index (χ1) is 12.7. The molecular weight excluding hydrogens is 344 g/mol. The summed E-state index contributed by atoms with van der Waals surface area (Å²) < 4.78 is 3.40. The molecule has 134 valence electrons. The summed E-state index contributed by atoms with van der Waals surface area (Å²) in [7, 11) is 0. The van der Waals surface area contributed by atoms with Gasteiger partial charge in [0.2, 0.25) is 0 Å². The number of aryl methyl sites for hydroxylation is 1. The van der Waals surface area contributed by atoms with E-state index in [-0.39, 0.29) is 6.61 Å². The van der Waals surface area contributed by atoms with Crippen LogP contribution in [0.3, 0.4) is 0 Å². The number of fused-ring (bicyclic) bond motifs is 3. The number of rotatable bonds is 6. The lowest BCUT2D eigenvalue weighted by atomic mass is 10.1. The van der Waals surface area contributed by atoms with Gasteiger partial charge in [-0.1, -0.05) is 37.6 Å². The number of unbranched alkanes of at least 4 members (excludes halogenated alkanes) is 1. The Labute approximate surface area is 156 Å². The molecule has 5 nitrogen and oxygen atoms in total. The summed E-state index contributed by atoms with van der Waals surface area (Å²) in [5.41, 5.74) is 11.1. The van der Waals surface area contributed by atoms with Gasteiger partial charge < -0.3 is 15.4 Å². The molecule has 26 heavy (non-hydrogen) atoms. The Morgan fingerprint density at radius 1 is 1.19 bits per heavy atom. The fourth-order valence-corrected chi connectivity index (χ4v) is 4.25. The number of aliphatic hydroxyl groups is 1. The second-order valence-electron chi connectivity index (χ2n) is 6.53. The zero-order valence-corrected chi connectivity index (χ0v) is 15.6. The zero-order valence-electron chi connectivity index (χ0n) is 14.8. The van der Waals surface area contributed by atoms with Crippen molar-refractivity contribution in [3.63, 3.8) is 0 Å². The van der Waals surface area contributed by atoms with Gasteiger partial charge in [-0.15, -0.1) is 11.3 Å². The van der Waals surface area contributed by atoms with Crippen molar-refractivity contribution in [1.82, 2.24) is 14.5 Å². The molecule has 6 heteroatoms. The number of imidazole rings is 1. The third-order valence-electron chi connectivity index (χ3n) is 4.66. The lowest BCUT2D eigenvalue weighted by Gasteiger charge is -2.11. The Hall–Kier alpha value is -2.44. The fourth-order valence-electron chi connectivity index (χ4n) is 3.36. The van der Waals surface area contributed by atoms with Crippen LogP contribution >= 0.6 is 11.3 Å². The standard InChI is InChI=1S/C20H22N4OS/c1-2-3-7-16-23-17-18(19-15(8-9-26-19)22-20(17)21)24(16)11-13-5-4-6-14(10-13)12-25/h4-6,8-10,25H,2-3,7,11-12H2,1H3,(H2,21,22). The van der Waals surface area contributed by atoms with E-state index >= 15 is 0 Å². The van der Waals surface area contributed by atoms with Crippen molar-refractivity contribution in [2.45, 2.75) is 39.3 Å². The lowest BCUT2D eigenvalue weighted by Crippen LogP contribution is -2.06. The van der Waals surface area contributed by atoms with Crippen LogP contribution < -0.4 is 5.73 Å². The first kappa shape index (κ1) is 17.0. The summed E-state index contributed by atoms with van der Waals surface area (Å²) in [5.74, 6) is 1.54. The number of pyridine rings is 1. The van der Waals surface area contributed by atoms with Gasteiger partial charge in [0.1, 0.15) is 11.3 Å². The minimum Gasteiger partial charge on any atom is -0.392 e. The molecule has 4 aromatic rings. The van der Waals surface area contributed by atoms with Crippen molar-refractivity contribution in [3.8, 4) is 0 Å². The van der Waals surface area contributed by atoms with Gasteiger partial charge >= 0.3 is 0 Å². The molecule has 0 aliphatic carbocycles. The predicted octanol–water partition coefficient (Wildman–Crippen LogP) is 4.11. The van der Waals surface area contributed by atoms with Crippen molar-refractivity contribution in [2.24, 2.45) is 0 Å². The number of nitrogens with zero attached hydrogens (tertiary/aromatic N) is 3. The molecule has 0 amide bonds. The second-order valence-corrected chi connectivity index (χ2v) is 7.44. The highest BCUT2D eigenvalue weighted by molar-refractivity contribution is 7.18. The number of hydrogen-bond acceptors (Lipinski definition) is 5. The molecule has 0 aliphatic heterocycles. The van der Waals surface area contributed by atoms with Crippen LogP contribution in [0.1, 0.15) is 36.7 Å². The number of nitrogen functional groups attached to an aromatic ring is 1. The summed E-state index contributed by atoms with van der Waals surface area (Å²) in [4.78, 5) is 9.36.